The Morgan fingerprint density at radius 2 is 1.72 bits per heavy atom. The van der Waals surface area contributed by atoms with E-state index in [2.05, 4.69) is 45.5 Å². The summed E-state index contributed by atoms with van der Waals surface area (Å²) in [7, 11) is 0. The maximum Gasteiger partial charge on any atom is 0.259 e. The van der Waals surface area contributed by atoms with Crippen molar-refractivity contribution in [2.75, 3.05) is 11.9 Å². The smallest absolute Gasteiger partial charge is 0.259 e. The molecule has 2 rings (SSSR count). The van der Waals surface area contributed by atoms with E-state index < -0.39 is 15.9 Å². The van der Waals surface area contributed by atoms with Gasteiger partial charge in [-0.2, -0.15) is 0 Å². The number of nitrogens with one attached hydrogen (secondary N) is 3. The van der Waals surface area contributed by atoms with Crippen LogP contribution in [0.25, 0.3) is 0 Å². The van der Waals surface area contributed by atoms with Gasteiger partial charge in [-0.3, -0.25) is 4.79 Å². The van der Waals surface area contributed by atoms with Gasteiger partial charge in [-0.15, -0.1) is 0 Å². The second-order valence-electron chi connectivity index (χ2n) is 5.93. The lowest BCUT2D eigenvalue weighted by Crippen LogP contribution is -2.56. The van der Waals surface area contributed by atoms with Crippen LogP contribution in [-0.2, 0) is 11.2 Å². The number of aryl methyl sites for hydroxylation is 1. The van der Waals surface area contributed by atoms with E-state index in [4.69, 9.17) is 51.8 Å². The molecule has 0 aliphatic carbocycles. The van der Waals surface area contributed by atoms with E-state index in [0.29, 0.717) is 5.75 Å². The molecule has 10 heteroatoms. The monoisotopic (exact) mass is 585 g/mol. The summed E-state index contributed by atoms with van der Waals surface area (Å²) in [5.41, 5.74) is 1.94. The number of carbonyl (C=O) groups excluding carboxylic acids is 1. The third-order valence-corrected chi connectivity index (χ3v) is 5.31. The number of carbonyl (C=O) groups is 1. The molecule has 2 aromatic rings. The average molecular weight is 587 g/mol. The zero-order valence-electron chi connectivity index (χ0n) is 15.3. The molecule has 1 unspecified atom stereocenters. The number of hydrogen-bond donors (Lipinski definition) is 3. The maximum atomic E-state index is 12.3. The van der Waals surface area contributed by atoms with Gasteiger partial charge in [-0.1, -0.05) is 53.9 Å². The third-order valence-electron chi connectivity index (χ3n) is 3.71. The van der Waals surface area contributed by atoms with Crippen molar-refractivity contribution in [2.45, 2.75) is 23.3 Å². The molecule has 0 aliphatic heterocycles. The van der Waals surface area contributed by atoms with Crippen LogP contribution in [0.2, 0.25) is 0 Å². The molecule has 0 heterocycles. The highest BCUT2D eigenvalue weighted by molar-refractivity contribution is 14.1. The first-order chi connectivity index (χ1) is 13.7. The minimum absolute atomic E-state index is 0.193. The van der Waals surface area contributed by atoms with Gasteiger partial charge in [-0.25, -0.2) is 0 Å². The molecule has 1 atom stereocenters. The van der Waals surface area contributed by atoms with Crippen LogP contribution >= 0.6 is 69.6 Å². The van der Waals surface area contributed by atoms with Crippen LogP contribution in [-0.4, -0.2) is 27.6 Å². The number of benzene rings is 2. The van der Waals surface area contributed by atoms with Crippen LogP contribution in [0.3, 0.4) is 0 Å². The number of halogens is 4. The van der Waals surface area contributed by atoms with Gasteiger partial charge in [0.05, 0.1) is 0 Å². The van der Waals surface area contributed by atoms with E-state index in [1.807, 2.05) is 36.4 Å². The lowest BCUT2D eigenvalue weighted by atomic mass is 10.2. The largest absolute Gasteiger partial charge is 0.484 e. The molecule has 156 valence electrons. The van der Waals surface area contributed by atoms with Crippen LogP contribution in [0.1, 0.15) is 12.5 Å². The van der Waals surface area contributed by atoms with Gasteiger partial charge in [0, 0.05) is 9.26 Å². The van der Waals surface area contributed by atoms with E-state index in [1.54, 1.807) is 12.1 Å². The summed E-state index contributed by atoms with van der Waals surface area (Å²) in [6.07, 6.45) is -0.136. The molecule has 0 aliphatic rings. The minimum Gasteiger partial charge on any atom is -0.484 e. The Balaban J connectivity index is 1.90. The molecule has 0 aromatic heterocycles. The average Bonchev–Trinajstić information content (AvgIpc) is 2.67. The van der Waals surface area contributed by atoms with Gasteiger partial charge in [0.2, 0.25) is 3.79 Å². The molecule has 0 radical (unpaired) electrons. The van der Waals surface area contributed by atoms with Crippen LogP contribution < -0.4 is 20.7 Å². The molecule has 0 saturated heterocycles. The predicted octanol–water partition coefficient (Wildman–Crippen LogP) is 5.03. The van der Waals surface area contributed by atoms with Crippen molar-refractivity contribution < 1.29 is 9.53 Å². The topological polar surface area (TPSA) is 62.4 Å². The number of ether oxygens (including phenoxy) is 1. The molecule has 5 nitrogen and oxygen atoms in total. The first kappa shape index (κ1) is 24.3. The number of rotatable bonds is 7. The molecule has 0 fully saturated rings. The van der Waals surface area contributed by atoms with Gasteiger partial charge in [0.1, 0.15) is 11.9 Å². The molecule has 0 spiro atoms. The lowest BCUT2D eigenvalue weighted by Gasteiger charge is -2.27. The zero-order chi connectivity index (χ0) is 21.4. The van der Waals surface area contributed by atoms with Crippen molar-refractivity contribution in [2.24, 2.45) is 0 Å². The van der Waals surface area contributed by atoms with E-state index in [0.717, 1.165) is 15.7 Å². The maximum absolute atomic E-state index is 12.3. The molecule has 1 amide bonds. The number of alkyl halides is 3. The predicted molar refractivity (Wildman–Crippen MR) is 132 cm³/mol. The second-order valence-corrected chi connectivity index (χ2v) is 9.96. The van der Waals surface area contributed by atoms with Crippen molar-refractivity contribution in [3.63, 3.8) is 0 Å². The highest BCUT2D eigenvalue weighted by Gasteiger charge is 2.34. The van der Waals surface area contributed by atoms with E-state index in [1.165, 1.54) is 5.56 Å². The van der Waals surface area contributed by atoms with E-state index in [-0.39, 0.29) is 11.7 Å². The first-order valence-corrected chi connectivity index (χ1v) is 11.2. The van der Waals surface area contributed by atoms with Crippen LogP contribution in [0.15, 0.2) is 48.5 Å². The van der Waals surface area contributed by atoms with Gasteiger partial charge in [-0.05, 0) is 83.2 Å². The van der Waals surface area contributed by atoms with Gasteiger partial charge in [0.15, 0.2) is 11.7 Å². The van der Waals surface area contributed by atoms with Gasteiger partial charge in [0.25, 0.3) is 5.91 Å². The fourth-order valence-corrected chi connectivity index (χ4v) is 3.13. The van der Waals surface area contributed by atoms with Crippen LogP contribution in [0.5, 0.6) is 5.75 Å². The molecule has 2 aromatic carbocycles. The summed E-state index contributed by atoms with van der Waals surface area (Å²) in [6.45, 7) is 1.83. The second kappa shape index (κ2) is 11.4. The van der Waals surface area contributed by atoms with Crippen molar-refractivity contribution in [1.29, 1.82) is 0 Å². The highest BCUT2D eigenvalue weighted by atomic mass is 127. The summed E-state index contributed by atoms with van der Waals surface area (Å²) >= 11 is 25.4. The Hall–Kier alpha value is -1.000. The Morgan fingerprint density at radius 3 is 2.28 bits per heavy atom. The summed E-state index contributed by atoms with van der Waals surface area (Å²) in [6, 6.07) is 15.0. The summed E-state index contributed by atoms with van der Waals surface area (Å²) in [5.74, 6) is 0.108. The Kier molecular flexibility index (Phi) is 9.55. The van der Waals surface area contributed by atoms with Crippen LogP contribution in [0, 0.1) is 3.57 Å². The SMILES string of the molecule is CCc1ccc(OCC(=O)NC(NC(=S)Nc2ccc(I)cc2)C(Cl)(Cl)Cl)cc1. The van der Waals surface area contributed by atoms with Crippen molar-refractivity contribution in [3.05, 3.63) is 57.7 Å². The first-order valence-electron chi connectivity index (χ1n) is 8.58. The molecule has 0 saturated carbocycles. The van der Waals surface area contributed by atoms with Crippen LogP contribution in [0.4, 0.5) is 5.69 Å². The molecular formula is C19H19Cl3IN3O2S. The summed E-state index contributed by atoms with van der Waals surface area (Å²) in [5, 5.41) is 8.54. The number of hydrogen-bond acceptors (Lipinski definition) is 3. The Bertz CT molecular complexity index is 830. The minimum atomic E-state index is -1.84. The van der Waals surface area contributed by atoms with Crippen molar-refractivity contribution >= 4 is 86.3 Å². The lowest BCUT2D eigenvalue weighted by molar-refractivity contribution is -0.123. The Labute approximate surface area is 203 Å². The van der Waals surface area contributed by atoms with Gasteiger partial charge >= 0.3 is 0 Å². The number of thiocarbonyl (C=S) groups is 1. The normalized spacial score (nSPS) is 12.0. The number of amides is 1. The standard InChI is InChI=1S/C19H19Cl3IN3O2S/c1-2-12-3-9-15(10-4-12)28-11-16(27)25-17(19(20,21)22)26-18(29)24-14-7-5-13(23)6-8-14/h3-10,17H,2,11H2,1H3,(H,25,27)(H2,24,26,29). The molecule has 0 bridgehead atoms. The van der Waals surface area contributed by atoms with Crippen molar-refractivity contribution in [3.8, 4) is 5.75 Å². The molecule has 29 heavy (non-hydrogen) atoms. The fourth-order valence-electron chi connectivity index (χ4n) is 2.20. The Morgan fingerprint density at radius 1 is 1.10 bits per heavy atom. The fraction of sp³-hybridized carbons (Fsp3) is 0.263. The third kappa shape index (κ3) is 8.72. The van der Waals surface area contributed by atoms with Gasteiger partial charge < -0.3 is 20.7 Å². The highest BCUT2D eigenvalue weighted by Crippen LogP contribution is 2.29. The summed E-state index contributed by atoms with van der Waals surface area (Å²) < 4.78 is 4.72. The number of anilines is 1. The van der Waals surface area contributed by atoms with Crippen molar-refractivity contribution in [1.82, 2.24) is 10.6 Å². The zero-order valence-corrected chi connectivity index (χ0v) is 20.6. The molecular weight excluding hydrogens is 568 g/mol. The van der Waals surface area contributed by atoms with E-state index >= 15 is 0 Å². The summed E-state index contributed by atoms with van der Waals surface area (Å²) in [4.78, 5) is 12.3. The quantitative estimate of drug-likeness (QED) is 0.184. The van der Waals surface area contributed by atoms with E-state index in [9.17, 15) is 4.79 Å². The molecule has 3 N–H and O–H groups in total.